The third-order valence-corrected chi connectivity index (χ3v) is 1.82. The van der Waals surface area contributed by atoms with Crippen molar-refractivity contribution in [3.63, 3.8) is 0 Å². The van der Waals surface area contributed by atoms with Gasteiger partial charge in [-0.25, -0.2) is 0 Å². The first kappa shape index (κ1) is 7.19. The number of fused-ring (bicyclic) bond motifs is 1. The summed E-state index contributed by atoms with van der Waals surface area (Å²) in [4.78, 5) is 1.47. The number of benzene rings is 1. The number of hydrogen-bond donors (Lipinski definition) is 0. The summed E-state index contributed by atoms with van der Waals surface area (Å²) in [6, 6.07) is 9.55. The molecule has 3 rings (SSSR count). The highest BCUT2D eigenvalue weighted by Crippen LogP contribution is 1.99. The Morgan fingerprint density at radius 3 is 2.79 bits per heavy atom. The quantitative estimate of drug-likeness (QED) is 0.495. The highest BCUT2D eigenvalue weighted by atomic mass is 16.6. The van der Waals surface area contributed by atoms with E-state index in [4.69, 9.17) is 0 Å². The maximum absolute atomic E-state index is 4.46. The van der Waals surface area contributed by atoms with Crippen molar-refractivity contribution in [2.45, 2.75) is 0 Å². The molecule has 0 bridgehead atoms. The number of para-hydroxylation sites is 1. The SMILES string of the molecule is c1ccc(-[n+]2nc3nonc3[n-]2)cc1. The summed E-state index contributed by atoms with van der Waals surface area (Å²) in [5.41, 5.74) is 1.69. The molecule has 0 saturated carbocycles. The van der Waals surface area contributed by atoms with Gasteiger partial charge in [0.05, 0.1) is 0 Å². The molecular formula is C8H5N5O. The molecule has 0 atom stereocenters. The Bertz CT molecular complexity index is 527. The van der Waals surface area contributed by atoms with Crippen molar-refractivity contribution in [1.82, 2.24) is 20.5 Å². The molecule has 2 heterocycles. The van der Waals surface area contributed by atoms with Crippen LogP contribution in [0.25, 0.3) is 17.0 Å². The van der Waals surface area contributed by atoms with Crippen molar-refractivity contribution in [3.05, 3.63) is 30.3 Å². The van der Waals surface area contributed by atoms with Crippen LogP contribution in [0.1, 0.15) is 0 Å². The molecule has 0 aliphatic carbocycles. The fraction of sp³-hybridized carbons (Fsp3) is 0. The van der Waals surface area contributed by atoms with Gasteiger partial charge in [0.2, 0.25) is 11.3 Å². The molecule has 0 unspecified atom stereocenters. The van der Waals surface area contributed by atoms with Gasteiger partial charge in [0.25, 0.3) is 0 Å². The lowest BCUT2D eigenvalue weighted by atomic mass is 10.3. The molecular weight excluding hydrogens is 182 g/mol. The maximum Gasteiger partial charge on any atom is 0.239 e. The third kappa shape index (κ3) is 0.972. The topological polar surface area (TPSA) is 69.8 Å². The minimum absolute atomic E-state index is 0.411. The summed E-state index contributed by atoms with van der Waals surface area (Å²) in [6.45, 7) is 0. The van der Waals surface area contributed by atoms with Crippen LogP contribution in [0.15, 0.2) is 35.0 Å². The van der Waals surface area contributed by atoms with E-state index >= 15 is 0 Å². The van der Waals surface area contributed by atoms with Crippen LogP contribution in [-0.2, 0) is 0 Å². The summed E-state index contributed by atoms with van der Waals surface area (Å²) >= 11 is 0. The highest BCUT2D eigenvalue weighted by Gasteiger charge is 2.08. The molecule has 2 aromatic heterocycles. The van der Waals surface area contributed by atoms with Gasteiger partial charge in [0.15, 0.2) is 0 Å². The van der Waals surface area contributed by atoms with Gasteiger partial charge in [-0.2, -0.15) is 5.16 Å². The van der Waals surface area contributed by atoms with E-state index in [1.807, 2.05) is 30.3 Å². The lowest BCUT2D eigenvalue weighted by molar-refractivity contribution is -0.716. The predicted octanol–water partition coefficient (Wildman–Crippen LogP) is -0.148. The Morgan fingerprint density at radius 1 is 1.14 bits per heavy atom. The maximum atomic E-state index is 4.46. The fourth-order valence-corrected chi connectivity index (χ4v) is 1.18. The smallest absolute Gasteiger partial charge is 0.239 e. The molecule has 0 spiro atoms. The van der Waals surface area contributed by atoms with Gasteiger partial charge in [-0.15, -0.1) is 0 Å². The molecule has 14 heavy (non-hydrogen) atoms. The number of aromatic nitrogens is 5. The zero-order valence-corrected chi connectivity index (χ0v) is 7.03. The standard InChI is InChI=1S/C8H5N5O/c1-2-4-6(5-3-1)13-9-7-8(10-13)12-14-11-7/h1-5H. The second-order valence-electron chi connectivity index (χ2n) is 2.74. The van der Waals surface area contributed by atoms with Crippen molar-refractivity contribution in [2.75, 3.05) is 0 Å². The Balaban J connectivity index is 2.19. The normalized spacial score (nSPS) is 10.9. The molecule has 0 radical (unpaired) electrons. The van der Waals surface area contributed by atoms with Crippen molar-refractivity contribution in [3.8, 4) is 5.69 Å². The van der Waals surface area contributed by atoms with Crippen molar-refractivity contribution in [2.24, 2.45) is 0 Å². The van der Waals surface area contributed by atoms with Gasteiger partial charge >= 0.3 is 0 Å². The molecule has 0 N–H and O–H groups in total. The first-order valence-electron chi connectivity index (χ1n) is 4.04. The van der Waals surface area contributed by atoms with Gasteiger partial charge in [-0.05, 0) is 0 Å². The predicted molar refractivity (Wildman–Crippen MR) is 44.5 cm³/mol. The van der Waals surface area contributed by atoms with E-state index in [0.29, 0.717) is 11.3 Å². The van der Waals surface area contributed by atoms with Gasteiger partial charge in [0.1, 0.15) is 5.65 Å². The Kier molecular flexibility index (Phi) is 1.35. The largest absolute Gasteiger partial charge is 0.312 e. The zero-order chi connectivity index (χ0) is 9.38. The first-order valence-corrected chi connectivity index (χ1v) is 4.04. The summed E-state index contributed by atoms with van der Waals surface area (Å²) < 4.78 is 4.46. The van der Waals surface area contributed by atoms with E-state index in [0.717, 1.165) is 5.69 Å². The average molecular weight is 187 g/mol. The second kappa shape index (κ2) is 2.63. The van der Waals surface area contributed by atoms with Crippen LogP contribution < -0.4 is 9.90 Å². The molecule has 0 aliphatic heterocycles. The monoisotopic (exact) mass is 187 g/mol. The molecule has 0 fully saturated rings. The summed E-state index contributed by atoms with van der Waals surface area (Å²) in [5, 5.41) is 15.3. The van der Waals surface area contributed by atoms with E-state index in [1.165, 1.54) is 4.80 Å². The van der Waals surface area contributed by atoms with Crippen LogP contribution in [0.4, 0.5) is 0 Å². The van der Waals surface area contributed by atoms with Gasteiger partial charge < -0.3 is 4.63 Å². The molecule has 1 aromatic carbocycles. The average Bonchev–Trinajstić information content (AvgIpc) is 2.78. The fourth-order valence-electron chi connectivity index (χ4n) is 1.18. The van der Waals surface area contributed by atoms with E-state index in [1.54, 1.807) is 0 Å². The van der Waals surface area contributed by atoms with Crippen molar-refractivity contribution < 1.29 is 9.43 Å². The molecule has 3 aromatic rings. The summed E-state index contributed by atoms with van der Waals surface area (Å²) in [7, 11) is 0. The van der Waals surface area contributed by atoms with Gasteiger partial charge in [0, 0.05) is 12.1 Å². The van der Waals surface area contributed by atoms with Crippen molar-refractivity contribution >= 4 is 11.3 Å². The molecule has 0 amide bonds. The molecule has 0 saturated heterocycles. The van der Waals surface area contributed by atoms with E-state index in [9.17, 15) is 0 Å². The number of hydrogen-bond acceptors (Lipinski definition) is 4. The van der Waals surface area contributed by atoms with Gasteiger partial charge in [-0.1, -0.05) is 38.3 Å². The van der Waals surface area contributed by atoms with Crippen LogP contribution in [0.2, 0.25) is 0 Å². The van der Waals surface area contributed by atoms with E-state index in [2.05, 4.69) is 25.1 Å². The lowest BCUT2D eigenvalue weighted by Crippen LogP contribution is -2.37. The minimum Gasteiger partial charge on any atom is -0.312 e. The molecule has 68 valence electrons. The third-order valence-electron chi connectivity index (χ3n) is 1.82. The Labute approximate surface area is 78.1 Å². The van der Waals surface area contributed by atoms with E-state index < -0.39 is 0 Å². The van der Waals surface area contributed by atoms with Crippen LogP contribution in [0, 0.1) is 0 Å². The molecule has 0 aliphatic rings. The number of nitrogens with zero attached hydrogens (tertiary/aromatic N) is 5. The van der Waals surface area contributed by atoms with E-state index in [-0.39, 0.29) is 0 Å². The highest BCUT2D eigenvalue weighted by molar-refractivity contribution is 5.59. The van der Waals surface area contributed by atoms with Crippen molar-refractivity contribution in [1.29, 1.82) is 0 Å². The summed E-state index contributed by atoms with van der Waals surface area (Å²) in [6.07, 6.45) is 0. The summed E-state index contributed by atoms with van der Waals surface area (Å²) in [5.74, 6) is 0. The van der Waals surface area contributed by atoms with Crippen LogP contribution in [0.5, 0.6) is 0 Å². The molecule has 6 nitrogen and oxygen atoms in total. The van der Waals surface area contributed by atoms with Crippen LogP contribution >= 0.6 is 0 Å². The minimum atomic E-state index is 0.411. The Hall–Kier alpha value is -2.24. The first-order chi connectivity index (χ1) is 6.93. The Morgan fingerprint density at radius 2 is 2.00 bits per heavy atom. The lowest BCUT2D eigenvalue weighted by Gasteiger charge is -1.88. The zero-order valence-electron chi connectivity index (χ0n) is 7.03. The van der Waals surface area contributed by atoms with Gasteiger partial charge in [-0.3, -0.25) is 0 Å². The molecule has 6 heteroatoms. The van der Waals surface area contributed by atoms with Crippen LogP contribution in [0.3, 0.4) is 0 Å². The van der Waals surface area contributed by atoms with Crippen LogP contribution in [-0.4, -0.2) is 15.4 Å². The second-order valence-corrected chi connectivity index (χ2v) is 2.74. The number of rotatable bonds is 1.